The van der Waals surface area contributed by atoms with Gasteiger partial charge in [0.05, 0.1) is 4.90 Å². The third-order valence-corrected chi connectivity index (χ3v) is 8.16. The van der Waals surface area contributed by atoms with Crippen LogP contribution in [0.15, 0.2) is 17.0 Å². The molecule has 1 amide bonds. The van der Waals surface area contributed by atoms with Crippen molar-refractivity contribution >= 4 is 15.9 Å². The molecule has 2 aliphatic heterocycles. The summed E-state index contributed by atoms with van der Waals surface area (Å²) in [6, 6.07) is 3.81. The highest BCUT2D eigenvalue weighted by Gasteiger charge is 2.36. The molecule has 8 heteroatoms. The number of carbonyl (C=O) groups excluding carboxylic acids is 1. The zero-order chi connectivity index (χ0) is 20.9. The maximum absolute atomic E-state index is 13.5. The number of amides is 1. The van der Waals surface area contributed by atoms with Crippen LogP contribution in [-0.2, 0) is 30.0 Å². The number of likely N-dealkylation sites (tertiary alicyclic amines) is 1. The molecule has 0 unspecified atom stereocenters. The van der Waals surface area contributed by atoms with Gasteiger partial charge in [0.2, 0.25) is 10.0 Å². The average molecular weight is 417 g/mol. The Morgan fingerprint density at radius 2 is 1.66 bits per heavy atom. The highest BCUT2D eigenvalue weighted by molar-refractivity contribution is 7.89. The van der Waals surface area contributed by atoms with E-state index >= 15 is 0 Å². The number of aromatic nitrogens is 2. The van der Waals surface area contributed by atoms with Crippen molar-refractivity contribution < 1.29 is 13.2 Å². The van der Waals surface area contributed by atoms with Gasteiger partial charge in [0.1, 0.15) is 0 Å². The van der Waals surface area contributed by atoms with Gasteiger partial charge in [0.15, 0.2) is 5.69 Å². The molecule has 2 aromatic rings. The fourth-order valence-corrected chi connectivity index (χ4v) is 6.54. The summed E-state index contributed by atoms with van der Waals surface area (Å²) in [6.07, 6.45) is 2.57. The van der Waals surface area contributed by atoms with Crippen LogP contribution in [0.4, 0.5) is 0 Å². The summed E-state index contributed by atoms with van der Waals surface area (Å²) in [4.78, 5) is 15.2. The number of hydrogen-bond acceptors (Lipinski definition) is 4. The first-order chi connectivity index (χ1) is 13.7. The predicted octanol–water partition coefficient (Wildman–Crippen LogP) is 2.33. The zero-order valence-corrected chi connectivity index (χ0v) is 18.3. The Labute approximate surface area is 172 Å². The van der Waals surface area contributed by atoms with Gasteiger partial charge in [-0.3, -0.25) is 9.48 Å². The van der Waals surface area contributed by atoms with E-state index in [1.165, 1.54) is 4.31 Å². The minimum atomic E-state index is -3.66. The van der Waals surface area contributed by atoms with Crippen molar-refractivity contribution in [3.63, 3.8) is 0 Å². The van der Waals surface area contributed by atoms with E-state index in [9.17, 15) is 13.2 Å². The van der Waals surface area contributed by atoms with E-state index in [0.717, 1.165) is 53.9 Å². The van der Waals surface area contributed by atoms with E-state index in [1.54, 1.807) is 4.68 Å². The van der Waals surface area contributed by atoms with Crippen LogP contribution in [0, 0.1) is 20.8 Å². The molecule has 0 aliphatic carbocycles. The molecule has 1 fully saturated rings. The quantitative estimate of drug-likeness (QED) is 0.770. The largest absolute Gasteiger partial charge is 0.337 e. The van der Waals surface area contributed by atoms with E-state index in [2.05, 4.69) is 5.10 Å². The van der Waals surface area contributed by atoms with Crippen molar-refractivity contribution in [1.82, 2.24) is 19.0 Å². The average Bonchev–Trinajstić information content (AvgIpc) is 3.28. The minimum Gasteiger partial charge on any atom is -0.337 e. The normalized spacial score (nSPS) is 17.6. The van der Waals surface area contributed by atoms with Gasteiger partial charge in [-0.1, -0.05) is 17.7 Å². The number of aryl methyl sites for hydroxylation is 4. The Kier molecular flexibility index (Phi) is 5.02. The van der Waals surface area contributed by atoms with E-state index in [-0.39, 0.29) is 12.5 Å². The molecule has 0 saturated carbocycles. The van der Waals surface area contributed by atoms with Crippen molar-refractivity contribution in [2.75, 3.05) is 19.6 Å². The van der Waals surface area contributed by atoms with Crippen LogP contribution in [0.1, 0.15) is 51.3 Å². The topological polar surface area (TPSA) is 75.5 Å². The Morgan fingerprint density at radius 1 is 1.03 bits per heavy atom. The van der Waals surface area contributed by atoms with Crippen molar-refractivity contribution in [3.8, 4) is 0 Å². The third-order valence-electron chi connectivity index (χ3n) is 6.01. The number of nitrogens with zero attached hydrogens (tertiary/aromatic N) is 4. The van der Waals surface area contributed by atoms with Gasteiger partial charge in [-0.15, -0.1) is 0 Å². The van der Waals surface area contributed by atoms with Gasteiger partial charge in [0, 0.05) is 50.9 Å². The van der Waals surface area contributed by atoms with Gasteiger partial charge < -0.3 is 4.90 Å². The summed E-state index contributed by atoms with van der Waals surface area (Å²) in [6.45, 7) is 7.72. The van der Waals surface area contributed by atoms with Crippen LogP contribution in [0.5, 0.6) is 0 Å². The van der Waals surface area contributed by atoms with Crippen molar-refractivity contribution in [3.05, 3.63) is 45.8 Å². The number of carbonyl (C=O) groups is 1. The molecule has 156 valence electrons. The van der Waals surface area contributed by atoms with Gasteiger partial charge >= 0.3 is 0 Å². The zero-order valence-electron chi connectivity index (χ0n) is 17.5. The Bertz CT molecular complexity index is 1060. The molecule has 0 N–H and O–H groups in total. The molecule has 2 aliphatic rings. The first-order valence-electron chi connectivity index (χ1n) is 10.1. The molecule has 0 bridgehead atoms. The van der Waals surface area contributed by atoms with Gasteiger partial charge in [-0.2, -0.15) is 9.40 Å². The van der Waals surface area contributed by atoms with E-state index in [0.29, 0.717) is 23.6 Å². The molecule has 1 saturated heterocycles. The van der Waals surface area contributed by atoms with Gasteiger partial charge in [0.25, 0.3) is 5.91 Å². The fraction of sp³-hybridized carbons (Fsp3) is 0.524. The molecule has 7 nitrogen and oxygen atoms in total. The first-order valence-corrected chi connectivity index (χ1v) is 11.6. The lowest BCUT2D eigenvalue weighted by molar-refractivity contribution is 0.0784. The van der Waals surface area contributed by atoms with Gasteiger partial charge in [-0.05, 0) is 44.7 Å². The smallest absolute Gasteiger partial charge is 0.274 e. The summed E-state index contributed by atoms with van der Waals surface area (Å²) in [5.41, 5.74) is 4.67. The SMILES string of the molecule is Cc1cc(C)c(S(=O)(=O)N2CCc3c(c(C(=O)N4CCCC4)nn3C)C2)c(C)c1. The van der Waals surface area contributed by atoms with E-state index < -0.39 is 10.0 Å². The van der Waals surface area contributed by atoms with Crippen molar-refractivity contribution in [1.29, 1.82) is 0 Å². The number of fused-ring (bicyclic) bond motifs is 1. The summed E-state index contributed by atoms with van der Waals surface area (Å²) in [5.74, 6) is -0.0821. The number of hydrogen-bond donors (Lipinski definition) is 0. The fourth-order valence-electron chi connectivity index (χ4n) is 4.72. The highest BCUT2D eigenvalue weighted by atomic mass is 32.2. The van der Waals surface area contributed by atoms with Crippen LogP contribution in [0.2, 0.25) is 0 Å². The summed E-state index contributed by atoms with van der Waals surface area (Å²) in [5, 5.41) is 4.48. The number of rotatable bonds is 3. The molecule has 29 heavy (non-hydrogen) atoms. The molecule has 4 rings (SSSR count). The summed E-state index contributed by atoms with van der Waals surface area (Å²) >= 11 is 0. The van der Waals surface area contributed by atoms with Crippen LogP contribution >= 0.6 is 0 Å². The highest BCUT2D eigenvalue weighted by Crippen LogP contribution is 2.31. The first kappa shape index (κ1) is 20.1. The van der Waals surface area contributed by atoms with Gasteiger partial charge in [-0.25, -0.2) is 8.42 Å². The third kappa shape index (κ3) is 3.38. The standard InChI is InChI=1S/C21H28N4O3S/c1-14-11-15(2)20(16(3)12-14)29(27,28)25-10-7-18-17(13-25)19(22-23(18)4)21(26)24-8-5-6-9-24/h11-12H,5-10,13H2,1-4H3. The molecule has 0 radical (unpaired) electrons. The second kappa shape index (κ2) is 7.25. The molecular weight excluding hydrogens is 388 g/mol. The minimum absolute atomic E-state index is 0.0821. The maximum Gasteiger partial charge on any atom is 0.274 e. The van der Waals surface area contributed by atoms with Crippen molar-refractivity contribution in [2.45, 2.75) is 51.5 Å². The lowest BCUT2D eigenvalue weighted by Gasteiger charge is -2.28. The Hall–Kier alpha value is -2.19. The molecule has 3 heterocycles. The Morgan fingerprint density at radius 3 is 2.28 bits per heavy atom. The van der Waals surface area contributed by atoms with Crippen LogP contribution < -0.4 is 0 Å². The second-order valence-corrected chi connectivity index (χ2v) is 10.1. The monoisotopic (exact) mass is 416 g/mol. The van der Waals surface area contributed by atoms with Crippen molar-refractivity contribution in [2.24, 2.45) is 7.05 Å². The maximum atomic E-state index is 13.5. The second-order valence-electron chi connectivity index (χ2n) is 8.21. The Balaban J connectivity index is 1.71. The molecular formula is C21H28N4O3S. The summed E-state index contributed by atoms with van der Waals surface area (Å²) < 4.78 is 30.2. The number of sulfonamides is 1. The van der Waals surface area contributed by atoms with Crippen LogP contribution in [0.25, 0.3) is 0 Å². The summed E-state index contributed by atoms with van der Waals surface area (Å²) in [7, 11) is -1.83. The van der Waals surface area contributed by atoms with Crippen LogP contribution in [0.3, 0.4) is 0 Å². The van der Waals surface area contributed by atoms with E-state index in [1.807, 2.05) is 44.9 Å². The molecule has 0 atom stereocenters. The molecule has 0 spiro atoms. The lowest BCUT2D eigenvalue weighted by Crippen LogP contribution is -2.38. The van der Waals surface area contributed by atoms with E-state index in [4.69, 9.17) is 0 Å². The molecule has 1 aromatic heterocycles. The molecule has 1 aromatic carbocycles. The van der Waals surface area contributed by atoms with Crippen LogP contribution in [-0.4, -0.2) is 52.9 Å². The number of benzene rings is 1. The predicted molar refractivity (Wildman–Crippen MR) is 110 cm³/mol. The lowest BCUT2D eigenvalue weighted by atomic mass is 10.1.